The Hall–Kier alpha value is -3.55. The topological polar surface area (TPSA) is 90.2 Å². The van der Waals surface area contributed by atoms with Crippen LogP contribution in [-0.2, 0) is 27.2 Å². The summed E-state index contributed by atoms with van der Waals surface area (Å²) < 4.78 is 6.74. The van der Waals surface area contributed by atoms with E-state index in [1.165, 1.54) is 11.0 Å². The molecule has 3 aromatic rings. The summed E-state index contributed by atoms with van der Waals surface area (Å²) >= 11 is 0. The average Bonchev–Trinajstić information content (AvgIpc) is 3.30. The molecule has 148 valence electrons. The fraction of sp³-hybridized carbons (Fsp3) is 0.286. The molecule has 0 saturated heterocycles. The summed E-state index contributed by atoms with van der Waals surface area (Å²) in [6, 6.07) is 16.6. The number of aromatic nitrogens is 4. The van der Waals surface area contributed by atoms with Gasteiger partial charge in [0, 0.05) is 18.7 Å². The Kier molecular flexibility index (Phi) is 5.60. The van der Waals surface area contributed by atoms with Gasteiger partial charge in [0.25, 0.3) is 5.91 Å². The molecule has 1 amide bonds. The lowest BCUT2D eigenvalue weighted by Gasteiger charge is -2.29. The number of carbonyl (C=O) groups is 2. The number of tetrazole rings is 1. The van der Waals surface area contributed by atoms with Crippen LogP contribution in [0.2, 0.25) is 0 Å². The average molecular weight is 391 g/mol. The lowest BCUT2D eigenvalue weighted by Crippen LogP contribution is -2.39. The van der Waals surface area contributed by atoms with Gasteiger partial charge in [-0.3, -0.25) is 4.79 Å². The molecule has 2 heterocycles. The minimum absolute atomic E-state index is 0.235. The summed E-state index contributed by atoms with van der Waals surface area (Å²) in [4.78, 5) is 27.2. The molecule has 0 unspecified atom stereocenters. The first-order valence-electron chi connectivity index (χ1n) is 9.53. The van der Waals surface area contributed by atoms with Crippen LogP contribution in [0.1, 0.15) is 23.6 Å². The number of carbonyl (C=O) groups excluding carboxylic acids is 2. The summed E-state index contributed by atoms with van der Waals surface area (Å²) in [6.07, 6.45) is 3.57. The Balaban J connectivity index is 1.44. The molecule has 1 atom stereocenters. The lowest BCUT2D eigenvalue weighted by molar-refractivity contribution is -0.151. The molecular formula is C21H21N5O3. The quantitative estimate of drug-likeness (QED) is 0.597. The highest BCUT2D eigenvalue weighted by atomic mass is 16.5. The van der Waals surface area contributed by atoms with Crippen molar-refractivity contribution < 1.29 is 14.3 Å². The molecule has 8 nitrogen and oxygen atoms in total. The van der Waals surface area contributed by atoms with Gasteiger partial charge in [0.2, 0.25) is 0 Å². The molecular weight excluding hydrogens is 370 g/mol. The number of nitrogens with zero attached hydrogens (tertiary/aromatic N) is 5. The summed E-state index contributed by atoms with van der Waals surface area (Å²) in [6.45, 7) is 0.300. The van der Waals surface area contributed by atoms with Crippen LogP contribution in [0.3, 0.4) is 0 Å². The van der Waals surface area contributed by atoms with Gasteiger partial charge < -0.3 is 9.64 Å². The maximum Gasteiger partial charge on any atom is 0.331 e. The van der Waals surface area contributed by atoms with Crippen LogP contribution >= 0.6 is 0 Å². The van der Waals surface area contributed by atoms with Crippen LogP contribution in [0.25, 0.3) is 0 Å². The number of ether oxygens (including phenoxy) is 1. The predicted molar refractivity (Wildman–Crippen MR) is 105 cm³/mol. The molecule has 0 saturated carbocycles. The van der Waals surface area contributed by atoms with Gasteiger partial charge in [-0.2, -0.15) is 0 Å². The van der Waals surface area contributed by atoms with Crippen LogP contribution < -0.4 is 4.90 Å². The van der Waals surface area contributed by atoms with Gasteiger partial charge in [-0.15, -0.1) is 5.10 Å². The largest absolute Gasteiger partial charge is 0.454 e. The number of rotatable bonds is 6. The van der Waals surface area contributed by atoms with E-state index in [4.69, 9.17) is 4.74 Å². The third-order valence-corrected chi connectivity index (χ3v) is 4.98. The van der Waals surface area contributed by atoms with Crippen LogP contribution in [0.5, 0.6) is 0 Å². The predicted octanol–water partition coefficient (Wildman–Crippen LogP) is 1.98. The van der Waals surface area contributed by atoms with Gasteiger partial charge >= 0.3 is 5.97 Å². The number of hydrogen-bond acceptors (Lipinski definition) is 6. The minimum Gasteiger partial charge on any atom is -0.454 e. The van der Waals surface area contributed by atoms with E-state index in [0.717, 1.165) is 29.7 Å². The summed E-state index contributed by atoms with van der Waals surface area (Å²) in [5.41, 5.74) is 2.97. The van der Waals surface area contributed by atoms with Crippen molar-refractivity contribution in [2.45, 2.75) is 25.3 Å². The smallest absolute Gasteiger partial charge is 0.331 e. The molecule has 29 heavy (non-hydrogen) atoms. The van der Waals surface area contributed by atoms with E-state index in [2.05, 4.69) is 15.5 Å². The number of amides is 1. The highest BCUT2D eigenvalue weighted by Gasteiger charge is 2.27. The maximum atomic E-state index is 12.8. The van der Waals surface area contributed by atoms with Crippen molar-refractivity contribution in [1.29, 1.82) is 0 Å². The Morgan fingerprint density at radius 3 is 2.66 bits per heavy atom. The third-order valence-electron chi connectivity index (χ3n) is 4.98. The van der Waals surface area contributed by atoms with E-state index in [9.17, 15) is 9.59 Å². The first-order valence-corrected chi connectivity index (χ1v) is 9.53. The molecule has 0 bridgehead atoms. The Morgan fingerprint density at radius 1 is 1.07 bits per heavy atom. The van der Waals surface area contributed by atoms with Gasteiger partial charge in [-0.05, 0) is 40.5 Å². The van der Waals surface area contributed by atoms with Crippen LogP contribution in [0.4, 0.5) is 5.69 Å². The second-order valence-corrected chi connectivity index (χ2v) is 6.88. The highest BCUT2D eigenvalue weighted by molar-refractivity contribution is 5.96. The Morgan fingerprint density at radius 2 is 1.86 bits per heavy atom. The summed E-state index contributed by atoms with van der Waals surface area (Å²) in [5.74, 6) is -0.777. The lowest BCUT2D eigenvalue weighted by atomic mass is 10.0. The van der Waals surface area contributed by atoms with E-state index >= 15 is 0 Å². The summed E-state index contributed by atoms with van der Waals surface area (Å²) in [5, 5.41) is 11.1. The van der Waals surface area contributed by atoms with Crippen molar-refractivity contribution in [3.8, 4) is 0 Å². The van der Waals surface area contributed by atoms with Crippen molar-refractivity contribution in [3.05, 3.63) is 72.1 Å². The molecule has 8 heteroatoms. The number of para-hydroxylation sites is 1. The first kappa shape index (κ1) is 18.8. The zero-order valence-electron chi connectivity index (χ0n) is 15.8. The van der Waals surface area contributed by atoms with E-state index in [-0.39, 0.29) is 12.5 Å². The molecule has 1 aliphatic rings. The van der Waals surface area contributed by atoms with Crippen LogP contribution in [0.15, 0.2) is 60.9 Å². The third kappa shape index (κ3) is 4.31. The normalized spacial score (nSPS) is 14.1. The molecule has 2 aromatic carbocycles. The zero-order valence-corrected chi connectivity index (χ0v) is 15.8. The first-order chi connectivity index (χ1) is 14.2. The van der Waals surface area contributed by atoms with Crippen molar-refractivity contribution in [3.63, 3.8) is 0 Å². The second-order valence-electron chi connectivity index (χ2n) is 6.88. The molecule has 4 rings (SSSR count). The van der Waals surface area contributed by atoms with E-state index in [0.29, 0.717) is 13.0 Å². The number of anilines is 1. The van der Waals surface area contributed by atoms with Gasteiger partial charge in [-0.25, -0.2) is 9.48 Å². The van der Waals surface area contributed by atoms with Crippen molar-refractivity contribution in [2.75, 3.05) is 18.1 Å². The summed E-state index contributed by atoms with van der Waals surface area (Å²) in [7, 11) is 0. The molecule has 1 aliphatic heterocycles. The fourth-order valence-electron chi connectivity index (χ4n) is 3.53. The van der Waals surface area contributed by atoms with Crippen molar-refractivity contribution >= 4 is 17.6 Å². The van der Waals surface area contributed by atoms with E-state index < -0.39 is 12.0 Å². The van der Waals surface area contributed by atoms with Crippen LogP contribution in [-0.4, -0.2) is 45.2 Å². The SMILES string of the molecule is O=C(OCC(=O)N1CCCc2ccccc21)[C@H](Cc1ccccc1)n1cnnn1. The maximum absolute atomic E-state index is 12.8. The molecule has 0 spiro atoms. The molecule has 0 radical (unpaired) electrons. The Bertz CT molecular complexity index is 975. The number of hydrogen-bond donors (Lipinski definition) is 0. The number of aryl methyl sites for hydroxylation is 1. The number of benzene rings is 2. The van der Waals surface area contributed by atoms with E-state index in [1.807, 2.05) is 54.6 Å². The Labute approximate surface area is 168 Å². The zero-order chi connectivity index (χ0) is 20.1. The van der Waals surface area contributed by atoms with Crippen molar-refractivity contribution in [2.24, 2.45) is 0 Å². The standard InChI is InChI=1S/C21H21N5O3/c27-20(25-12-6-10-17-9-4-5-11-18(17)25)14-29-21(28)19(26-15-22-23-24-26)13-16-7-2-1-3-8-16/h1-5,7-9,11,15,19H,6,10,12-14H2/t19-/m0/s1. The second kappa shape index (κ2) is 8.64. The van der Waals surface area contributed by atoms with Gasteiger partial charge in [0.15, 0.2) is 12.6 Å². The fourth-order valence-corrected chi connectivity index (χ4v) is 3.53. The number of esters is 1. The van der Waals surface area contributed by atoms with Crippen molar-refractivity contribution in [1.82, 2.24) is 20.2 Å². The molecule has 0 fully saturated rings. The molecule has 1 aromatic heterocycles. The van der Waals surface area contributed by atoms with Gasteiger partial charge in [-0.1, -0.05) is 48.5 Å². The van der Waals surface area contributed by atoms with Gasteiger partial charge in [0.05, 0.1) is 0 Å². The van der Waals surface area contributed by atoms with Crippen LogP contribution in [0, 0.1) is 0 Å². The van der Waals surface area contributed by atoms with Gasteiger partial charge in [0.1, 0.15) is 6.33 Å². The minimum atomic E-state index is -0.742. The molecule has 0 N–H and O–H groups in total. The highest BCUT2D eigenvalue weighted by Crippen LogP contribution is 2.26. The number of fused-ring (bicyclic) bond motifs is 1. The monoisotopic (exact) mass is 391 g/mol. The molecule has 0 aliphatic carbocycles. The van der Waals surface area contributed by atoms with E-state index in [1.54, 1.807) is 4.90 Å².